The summed E-state index contributed by atoms with van der Waals surface area (Å²) >= 11 is 0. The summed E-state index contributed by atoms with van der Waals surface area (Å²) in [5, 5.41) is 2.31. The van der Waals surface area contributed by atoms with Crippen LogP contribution in [-0.4, -0.2) is 26.7 Å². The molecule has 0 bridgehead atoms. The normalized spacial score (nSPS) is 11.9. The molecule has 2 aromatic rings. The number of carbonyl (C=O) groups is 1. The highest BCUT2D eigenvalue weighted by molar-refractivity contribution is 7.91. The van der Waals surface area contributed by atoms with Gasteiger partial charge in [-0.25, -0.2) is 8.42 Å². The number of hydrogen-bond donors (Lipinski definition) is 1. The Morgan fingerprint density at radius 1 is 1.11 bits per heavy atom. The van der Waals surface area contributed by atoms with Crippen molar-refractivity contribution >= 4 is 21.4 Å². The Labute approximate surface area is 161 Å². The van der Waals surface area contributed by atoms with Gasteiger partial charge in [-0.15, -0.1) is 0 Å². The molecule has 2 aromatic carbocycles. The molecule has 0 heterocycles. The number of rotatable bonds is 7. The second-order valence-corrected chi connectivity index (χ2v) is 8.18. The van der Waals surface area contributed by atoms with Gasteiger partial charge in [0.25, 0.3) is 0 Å². The van der Waals surface area contributed by atoms with Crippen molar-refractivity contribution in [2.24, 2.45) is 0 Å². The topological polar surface area (TPSA) is 72.5 Å². The first-order valence-corrected chi connectivity index (χ1v) is 10.1. The number of nitrogens with one attached hydrogen (secondary N) is 1. The SMILES string of the molecule is CCOc1ccc(C(F)(F)F)cc1NC(=O)CCS(=O)(=O)c1ccc(C)cc1. The third kappa shape index (κ3) is 5.72. The number of aryl methyl sites for hydroxylation is 1. The van der Waals surface area contributed by atoms with Crippen LogP contribution in [-0.2, 0) is 20.8 Å². The van der Waals surface area contributed by atoms with Gasteiger partial charge in [0.15, 0.2) is 9.84 Å². The Morgan fingerprint density at radius 2 is 1.75 bits per heavy atom. The summed E-state index contributed by atoms with van der Waals surface area (Å²) in [6.07, 6.45) is -4.99. The minimum atomic E-state index is -4.58. The maximum Gasteiger partial charge on any atom is 0.416 e. The molecule has 0 saturated heterocycles. The summed E-state index contributed by atoms with van der Waals surface area (Å²) < 4.78 is 68.6. The molecule has 0 aliphatic rings. The summed E-state index contributed by atoms with van der Waals surface area (Å²) in [6, 6.07) is 8.91. The van der Waals surface area contributed by atoms with Crippen LogP contribution in [0.15, 0.2) is 47.4 Å². The fourth-order valence-electron chi connectivity index (χ4n) is 2.39. The largest absolute Gasteiger partial charge is 0.492 e. The molecular weight excluding hydrogens is 395 g/mol. The highest BCUT2D eigenvalue weighted by Gasteiger charge is 2.31. The molecule has 1 amide bonds. The molecular formula is C19H20F3NO4S. The van der Waals surface area contributed by atoms with Gasteiger partial charge in [0.2, 0.25) is 5.91 Å². The molecule has 1 N–H and O–H groups in total. The summed E-state index contributed by atoms with van der Waals surface area (Å²) in [6.45, 7) is 3.66. The van der Waals surface area contributed by atoms with Crippen LogP contribution in [0.3, 0.4) is 0 Å². The van der Waals surface area contributed by atoms with Gasteiger partial charge >= 0.3 is 6.18 Å². The second-order valence-electron chi connectivity index (χ2n) is 6.07. The number of amides is 1. The Balaban J connectivity index is 2.12. The smallest absolute Gasteiger partial charge is 0.416 e. The van der Waals surface area contributed by atoms with E-state index in [-0.39, 0.29) is 22.9 Å². The zero-order chi connectivity index (χ0) is 20.9. The molecule has 0 fully saturated rings. The maximum atomic E-state index is 12.9. The maximum absolute atomic E-state index is 12.9. The molecule has 0 atom stereocenters. The fraction of sp³-hybridized carbons (Fsp3) is 0.316. The minimum absolute atomic E-state index is 0.0743. The van der Waals surface area contributed by atoms with E-state index >= 15 is 0 Å². The van der Waals surface area contributed by atoms with Crippen LogP contribution < -0.4 is 10.1 Å². The lowest BCUT2D eigenvalue weighted by molar-refractivity contribution is -0.137. The molecule has 28 heavy (non-hydrogen) atoms. The van der Waals surface area contributed by atoms with Crippen molar-refractivity contribution in [2.75, 3.05) is 17.7 Å². The number of benzene rings is 2. The molecule has 0 aliphatic carbocycles. The van der Waals surface area contributed by atoms with Crippen LogP contribution in [0, 0.1) is 6.92 Å². The number of carbonyl (C=O) groups excluding carboxylic acids is 1. The highest BCUT2D eigenvalue weighted by Crippen LogP contribution is 2.35. The summed E-state index contributed by atoms with van der Waals surface area (Å²) in [4.78, 5) is 12.2. The van der Waals surface area contributed by atoms with Gasteiger partial charge < -0.3 is 10.1 Å². The van der Waals surface area contributed by atoms with E-state index < -0.39 is 39.7 Å². The Morgan fingerprint density at radius 3 is 2.32 bits per heavy atom. The van der Waals surface area contributed by atoms with Crippen molar-refractivity contribution in [3.8, 4) is 5.75 Å². The summed E-state index contributed by atoms with van der Waals surface area (Å²) in [7, 11) is -3.69. The Kier molecular flexibility index (Phi) is 6.71. The first-order valence-electron chi connectivity index (χ1n) is 8.46. The van der Waals surface area contributed by atoms with Crippen LogP contribution in [0.25, 0.3) is 0 Å². The van der Waals surface area contributed by atoms with Crippen LogP contribution in [0.1, 0.15) is 24.5 Å². The van der Waals surface area contributed by atoms with Crippen LogP contribution in [0.2, 0.25) is 0 Å². The molecule has 0 unspecified atom stereocenters. The van der Waals surface area contributed by atoms with E-state index in [0.717, 1.165) is 23.8 Å². The number of anilines is 1. The van der Waals surface area contributed by atoms with E-state index in [0.29, 0.717) is 0 Å². The zero-order valence-corrected chi connectivity index (χ0v) is 16.2. The van der Waals surface area contributed by atoms with E-state index in [1.807, 2.05) is 6.92 Å². The number of sulfone groups is 1. The van der Waals surface area contributed by atoms with Gasteiger partial charge in [0.05, 0.1) is 28.5 Å². The molecule has 0 saturated carbocycles. The van der Waals surface area contributed by atoms with E-state index in [2.05, 4.69) is 5.32 Å². The second kappa shape index (κ2) is 8.64. The van der Waals surface area contributed by atoms with Gasteiger partial charge in [-0.05, 0) is 44.2 Å². The molecule has 5 nitrogen and oxygen atoms in total. The average molecular weight is 415 g/mol. The molecule has 0 spiro atoms. The van der Waals surface area contributed by atoms with Gasteiger partial charge in [0, 0.05) is 6.42 Å². The standard InChI is InChI=1S/C19H20F3NO4S/c1-3-27-17-9-6-14(19(20,21)22)12-16(17)23-18(24)10-11-28(25,26)15-7-4-13(2)5-8-15/h4-9,12H,3,10-11H2,1-2H3,(H,23,24). The van der Waals surface area contributed by atoms with Crippen LogP contribution in [0.4, 0.5) is 18.9 Å². The molecule has 9 heteroatoms. The molecule has 152 valence electrons. The highest BCUT2D eigenvalue weighted by atomic mass is 32.2. The van der Waals surface area contributed by atoms with Gasteiger partial charge in [0.1, 0.15) is 5.75 Å². The quantitative estimate of drug-likeness (QED) is 0.735. The number of halogens is 3. The van der Waals surface area contributed by atoms with Crippen molar-refractivity contribution in [3.05, 3.63) is 53.6 Å². The van der Waals surface area contributed by atoms with Crippen molar-refractivity contribution in [1.29, 1.82) is 0 Å². The zero-order valence-electron chi connectivity index (χ0n) is 15.3. The minimum Gasteiger partial charge on any atom is -0.492 e. The van der Waals surface area contributed by atoms with Crippen LogP contribution >= 0.6 is 0 Å². The van der Waals surface area contributed by atoms with Crippen molar-refractivity contribution in [3.63, 3.8) is 0 Å². The van der Waals surface area contributed by atoms with Gasteiger partial charge in [-0.3, -0.25) is 4.79 Å². The third-order valence-corrected chi connectivity index (χ3v) is 5.59. The fourth-order valence-corrected chi connectivity index (χ4v) is 3.63. The predicted molar refractivity (Wildman–Crippen MR) is 99.1 cm³/mol. The van der Waals surface area contributed by atoms with Gasteiger partial charge in [-0.1, -0.05) is 17.7 Å². The Bertz CT molecular complexity index is 939. The molecule has 2 rings (SSSR count). The number of hydrogen-bond acceptors (Lipinski definition) is 4. The van der Waals surface area contributed by atoms with Crippen LogP contribution in [0.5, 0.6) is 5.75 Å². The lowest BCUT2D eigenvalue weighted by Gasteiger charge is -2.14. The average Bonchev–Trinajstić information content (AvgIpc) is 2.61. The molecule has 0 aliphatic heterocycles. The number of ether oxygens (including phenoxy) is 1. The Hall–Kier alpha value is -2.55. The van der Waals surface area contributed by atoms with Crippen molar-refractivity contribution in [1.82, 2.24) is 0 Å². The molecule has 0 radical (unpaired) electrons. The van der Waals surface area contributed by atoms with E-state index in [1.165, 1.54) is 12.1 Å². The van der Waals surface area contributed by atoms with Gasteiger partial charge in [-0.2, -0.15) is 13.2 Å². The monoisotopic (exact) mass is 415 g/mol. The lowest BCUT2D eigenvalue weighted by atomic mass is 10.1. The predicted octanol–water partition coefficient (Wildman–Crippen LogP) is 4.22. The summed E-state index contributed by atoms with van der Waals surface area (Å²) in [5.74, 6) is -1.12. The van der Waals surface area contributed by atoms with E-state index in [9.17, 15) is 26.4 Å². The lowest BCUT2D eigenvalue weighted by Crippen LogP contribution is -2.18. The summed E-state index contributed by atoms with van der Waals surface area (Å²) in [5.41, 5.74) is -0.211. The van der Waals surface area contributed by atoms with E-state index in [1.54, 1.807) is 19.1 Å². The third-order valence-electron chi connectivity index (χ3n) is 3.86. The first-order chi connectivity index (χ1) is 13.0. The molecule has 0 aromatic heterocycles. The first kappa shape index (κ1) is 21.7. The van der Waals surface area contributed by atoms with Crippen molar-refractivity contribution in [2.45, 2.75) is 31.3 Å². The number of alkyl halides is 3. The van der Waals surface area contributed by atoms with Crippen molar-refractivity contribution < 1.29 is 31.1 Å². The van der Waals surface area contributed by atoms with E-state index in [4.69, 9.17) is 4.74 Å².